The van der Waals surface area contributed by atoms with E-state index in [2.05, 4.69) is 5.32 Å². The highest BCUT2D eigenvalue weighted by atomic mass is 16.4. The van der Waals surface area contributed by atoms with E-state index in [-0.39, 0.29) is 11.7 Å². The van der Waals surface area contributed by atoms with Crippen LogP contribution in [0.1, 0.15) is 22.3 Å². The molecule has 3 aromatic rings. The SMILES string of the molecule is NC(O)c1oc2ccccc2c1NC(=O)c1ccccc1. The molecule has 0 radical (unpaired) electrons. The number of aliphatic hydroxyl groups is 1. The zero-order valence-electron chi connectivity index (χ0n) is 11.1. The van der Waals surface area contributed by atoms with Gasteiger partial charge >= 0.3 is 0 Å². The molecule has 1 atom stereocenters. The zero-order chi connectivity index (χ0) is 14.8. The van der Waals surface area contributed by atoms with Crippen LogP contribution in [-0.4, -0.2) is 11.0 Å². The minimum absolute atomic E-state index is 0.139. The number of benzene rings is 2. The molecule has 0 aliphatic rings. The van der Waals surface area contributed by atoms with Crippen LogP contribution in [0.25, 0.3) is 11.0 Å². The Morgan fingerprint density at radius 2 is 1.76 bits per heavy atom. The van der Waals surface area contributed by atoms with Crippen molar-refractivity contribution in [2.24, 2.45) is 5.73 Å². The Balaban J connectivity index is 2.03. The van der Waals surface area contributed by atoms with Crippen LogP contribution < -0.4 is 11.1 Å². The van der Waals surface area contributed by atoms with E-state index in [4.69, 9.17) is 10.2 Å². The summed E-state index contributed by atoms with van der Waals surface area (Å²) in [5.74, 6) is -0.149. The first-order chi connectivity index (χ1) is 10.2. The molecule has 106 valence electrons. The maximum absolute atomic E-state index is 12.3. The van der Waals surface area contributed by atoms with E-state index in [0.717, 1.165) is 0 Å². The number of hydrogen-bond donors (Lipinski definition) is 3. The van der Waals surface area contributed by atoms with Gasteiger partial charge in [-0.2, -0.15) is 0 Å². The van der Waals surface area contributed by atoms with Crippen LogP contribution >= 0.6 is 0 Å². The van der Waals surface area contributed by atoms with Gasteiger partial charge in [0.2, 0.25) is 0 Å². The fourth-order valence-corrected chi connectivity index (χ4v) is 2.18. The highest BCUT2D eigenvalue weighted by Crippen LogP contribution is 2.33. The third-order valence-corrected chi connectivity index (χ3v) is 3.17. The van der Waals surface area contributed by atoms with E-state index in [1.807, 2.05) is 12.1 Å². The standard InChI is InChI=1S/C16H14N2O3/c17-15(19)14-13(11-8-4-5-9-12(11)21-14)18-16(20)10-6-2-1-3-7-10/h1-9,15,19H,17H2,(H,18,20). The molecular formula is C16H14N2O3. The number of carbonyl (C=O) groups is 1. The smallest absolute Gasteiger partial charge is 0.255 e. The first kappa shape index (κ1) is 13.4. The number of amides is 1. The number of nitrogens with two attached hydrogens (primary N) is 1. The first-order valence-corrected chi connectivity index (χ1v) is 6.48. The summed E-state index contributed by atoms with van der Waals surface area (Å²) in [5.41, 5.74) is 6.97. The Bertz CT molecular complexity index is 779. The number of furan rings is 1. The lowest BCUT2D eigenvalue weighted by Crippen LogP contribution is -2.15. The summed E-state index contributed by atoms with van der Waals surface area (Å²) in [6.07, 6.45) is -1.30. The largest absolute Gasteiger partial charge is 0.455 e. The third kappa shape index (κ3) is 2.52. The summed E-state index contributed by atoms with van der Waals surface area (Å²) < 4.78 is 5.51. The van der Waals surface area contributed by atoms with Gasteiger partial charge in [0.15, 0.2) is 12.0 Å². The van der Waals surface area contributed by atoms with Crippen molar-refractivity contribution in [1.29, 1.82) is 0 Å². The summed E-state index contributed by atoms with van der Waals surface area (Å²) in [7, 11) is 0. The predicted octanol–water partition coefficient (Wildman–Crippen LogP) is 2.63. The maximum Gasteiger partial charge on any atom is 0.255 e. The zero-order valence-corrected chi connectivity index (χ0v) is 11.1. The molecule has 21 heavy (non-hydrogen) atoms. The van der Waals surface area contributed by atoms with Gasteiger partial charge in [0, 0.05) is 10.9 Å². The van der Waals surface area contributed by atoms with Crippen LogP contribution in [0.3, 0.4) is 0 Å². The quantitative estimate of drug-likeness (QED) is 0.644. The summed E-state index contributed by atoms with van der Waals surface area (Å²) in [4.78, 5) is 12.3. The van der Waals surface area contributed by atoms with Gasteiger partial charge in [-0.3, -0.25) is 10.5 Å². The Kier molecular flexibility index (Phi) is 3.43. The predicted molar refractivity (Wildman–Crippen MR) is 79.8 cm³/mol. The first-order valence-electron chi connectivity index (χ1n) is 6.48. The molecule has 1 heterocycles. The van der Waals surface area contributed by atoms with Crippen molar-refractivity contribution in [3.8, 4) is 0 Å². The van der Waals surface area contributed by atoms with Gasteiger partial charge in [0.25, 0.3) is 5.91 Å². The summed E-state index contributed by atoms with van der Waals surface area (Å²) in [5, 5.41) is 13.1. The highest BCUT2D eigenvalue weighted by molar-refractivity contribution is 6.09. The molecule has 4 N–H and O–H groups in total. The van der Waals surface area contributed by atoms with E-state index >= 15 is 0 Å². The van der Waals surface area contributed by atoms with Gasteiger partial charge < -0.3 is 14.8 Å². The third-order valence-electron chi connectivity index (χ3n) is 3.17. The van der Waals surface area contributed by atoms with Crippen LogP contribution in [0.2, 0.25) is 0 Å². The number of rotatable bonds is 3. The molecule has 5 nitrogen and oxygen atoms in total. The fourth-order valence-electron chi connectivity index (χ4n) is 2.18. The second kappa shape index (κ2) is 5.40. The van der Waals surface area contributed by atoms with Crippen LogP contribution in [0, 0.1) is 0 Å². The van der Waals surface area contributed by atoms with Crippen LogP contribution in [0.4, 0.5) is 5.69 Å². The molecule has 2 aromatic carbocycles. The molecule has 0 saturated carbocycles. The number of para-hydroxylation sites is 1. The van der Waals surface area contributed by atoms with E-state index in [0.29, 0.717) is 22.2 Å². The summed E-state index contributed by atoms with van der Waals surface area (Å²) >= 11 is 0. The van der Waals surface area contributed by atoms with Crippen LogP contribution in [-0.2, 0) is 0 Å². The van der Waals surface area contributed by atoms with Crippen molar-refractivity contribution in [2.75, 3.05) is 5.32 Å². The second-order valence-corrected chi connectivity index (χ2v) is 4.60. The molecule has 0 spiro atoms. The lowest BCUT2D eigenvalue weighted by Gasteiger charge is -2.07. The number of hydrogen-bond acceptors (Lipinski definition) is 4. The van der Waals surface area contributed by atoms with E-state index in [9.17, 15) is 9.90 Å². The Morgan fingerprint density at radius 1 is 1.10 bits per heavy atom. The second-order valence-electron chi connectivity index (χ2n) is 4.60. The number of fused-ring (bicyclic) bond motifs is 1. The van der Waals surface area contributed by atoms with Gasteiger partial charge in [0.05, 0.1) is 5.69 Å². The molecule has 0 aliphatic heterocycles. The van der Waals surface area contributed by atoms with Crippen molar-refractivity contribution < 1.29 is 14.3 Å². The summed E-state index contributed by atoms with van der Waals surface area (Å²) in [6, 6.07) is 16.0. The average molecular weight is 282 g/mol. The number of aliphatic hydroxyl groups excluding tert-OH is 1. The van der Waals surface area contributed by atoms with Gasteiger partial charge in [-0.15, -0.1) is 0 Å². The van der Waals surface area contributed by atoms with Crippen molar-refractivity contribution in [3.05, 3.63) is 65.9 Å². The van der Waals surface area contributed by atoms with Gasteiger partial charge in [0.1, 0.15) is 5.58 Å². The molecule has 1 unspecified atom stereocenters. The Hall–Kier alpha value is -2.63. The number of nitrogens with one attached hydrogen (secondary N) is 1. The molecule has 0 bridgehead atoms. The Labute approximate surface area is 121 Å². The molecule has 0 saturated heterocycles. The van der Waals surface area contributed by atoms with E-state index in [1.165, 1.54) is 0 Å². The Morgan fingerprint density at radius 3 is 2.48 bits per heavy atom. The fraction of sp³-hybridized carbons (Fsp3) is 0.0625. The molecule has 5 heteroatoms. The molecule has 0 aliphatic carbocycles. The minimum Gasteiger partial charge on any atom is -0.455 e. The van der Waals surface area contributed by atoms with Crippen LogP contribution in [0.5, 0.6) is 0 Å². The van der Waals surface area contributed by atoms with Crippen molar-refractivity contribution in [1.82, 2.24) is 0 Å². The van der Waals surface area contributed by atoms with Gasteiger partial charge in [-0.1, -0.05) is 30.3 Å². The van der Waals surface area contributed by atoms with Crippen molar-refractivity contribution in [2.45, 2.75) is 6.23 Å². The van der Waals surface area contributed by atoms with Gasteiger partial charge in [-0.05, 0) is 24.3 Å². The maximum atomic E-state index is 12.3. The molecule has 1 amide bonds. The monoisotopic (exact) mass is 282 g/mol. The van der Waals surface area contributed by atoms with E-state index in [1.54, 1.807) is 42.5 Å². The van der Waals surface area contributed by atoms with Gasteiger partial charge in [-0.25, -0.2) is 0 Å². The normalized spacial score (nSPS) is 12.3. The topological polar surface area (TPSA) is 88.5 Å². The summed E-state index contributed by atoms with van der Waals surface area (Å²) in [6.45, 7) is 0. The molecule has 0 fully saturated rings. The average Bonchev–Trinajstić information content (AvgIpc) is 2.87. The lowest BCUT2D eigenvalue weighted by atomic mass is 10.1. The number of anilines is 1. The van der Waals surface area contributed by atoms with Crippen LogP contribution in [0.15, 0.2) is 59.0 Å². The molecule has 1 aromatic heterocycles. The molecular weight excluding hydrogens is 268 g/mol. The lowest BCUT2D eigenvalue weighted by molar-refractivity contribution is 0.102. The van der Waals surface area contributed by atoms with E-state index < -0.39 is 6.23 Å². The highest BCUT2D eigenvalue weighted by Gasteiger charge is 2.20. The van der Waals surface area contributed by atoms with Crippen molar-refractivity contribution >= 4 is 22.6 Å². The van der Waals surface area contributed by atoms with Crippen molar-refractivity contribution in [3.63, 3.8) is 0 Å². The number of carbonyl (C=O) groups excluding carboxylic acids is 1. The molecule has 3 rings (SSSR count). The minimum atomic E-state index is -1.30.